The van der Waals surface area contributed by atoms with Gasteiger partial charge in [-0.3, -0.25) is 0 Å². The molecule has 10 rings (SSSR count). The molecule has 0 N–H and O–H groups in total. The van der Waals surface area contributed by atoms with Crippen molar-refractivity contribution in [2.45, 2.75) is 0 Å². The quantitative estimate of drug-likeness (QED) is 0.199. The van der Waals surface area contributed by atoms with Gasteiger partial charge in [0.1, 0.15) is 16.7 Å². The van der Waals surface area contributed by atoms with Crippen molar-refractivity contribution in [2.24, 2.45) is 0 Å². The molecule has 5 heteroatoms. The van der Waals surface area contributed by atoms with E-state index in [1.54, 1.807) is 0 Å². The van der Waals surface area contributed by atoms with E-state index in [-0.39, 0.29) is 0 Å². The van der Waals surface area contributed by atoms with Crippen molar-refractivity contribution in [3.05, 3.63) is 146 Å². The van der Waals surface area contributed by atoms with Gasteiger partial charge in [-0.2, -0.15) is 0 Å². The minimum absolute atomic E-state index is 0.658. The van der Waals surface area contributed by atoms with Gasteiger partial charge in [-0.05, 0) is 66.2 Å². The first-order chi connectivity index (χ1) is 22.8. The van der Waals surface area contributed by atoms with Gasteiger partial charge >= 0.3 is 0 Å². The third kappa shape index (κ3) is 3.89. The lowest BCUT2D eigenvalue weighted by atomic mass is 10.0. The van der Waals surface area contributed by atoms with Crippen LogP contribution in [0.2, 0.25) is 0 Å². The van der Waals surface area contributed by atoms with E-state index in [2.05, 4.69) is 119 Å². The van der Waals surface area contributed by atoms with Crippen molar-refractivity contribution in [1.29, 1.82) is 0 Å². The van der Waals surface area contributed by atoms with E-state index >= 15 is 0 Å². The minimum atomic E-state index is 0.658. The molecule has 0 aliphatic rings. The molecule has 0 saturated heterocycles. The Morgan fingerprint density at radius 2 is 1.04 bits per heavy atom. The van der Waals surface area contributed by atoms with Crippen LogP contribution in [0, 0.1) is 0 Å². The summed E-state index contributed by atoms with van der Waals surface area (Å²) in [5.74, 6) is 0. The molecule has 0 atom stereocenters. The first kappa shape index (κ1) is 25.4. The molecule has 0 unspecified atom stereocenters. The fourth-order valence-electron chi connectivity index (χ4n) is 6.72. The minimum Gasteiger partial charge on any atom is -0.456 e. The summed E-state index contributed by atoms with van der Waals surface area (Å²) >= 11 is 1.83. The summed E-state index contributed by atoms with van der Waals surface area (Å²) < 4.78 is 14.8. The molecule has 0 fully saturated rings. The predicted molar refractivity (Wildman–Crippen MR) is 192 cm³/mol. The smallest absolute Gasteiger partial charge is 0.227 e. The maximum atomic E-state index is 6.32. The number of nitrogens with zero attached hydrogens (tertiary/aromatic N) is 2. The molecule has 0 saturated carbocycles. The molecule has 0 radical (unpaired) electrons. The van der Waals surface area contributed by atoms with Crippen LogP contribution >= 0.6 is 11.3 Å². The number of pyridine rings is 1. The number of rotatable bonds is 4. The van der Waals surface area contributed by atoms with Crippen molar-refractivity contribution in [3.63, 3.8) is 0 Å². The Hall–Kier alpha value is -5.91. The fraction of sp³-hybridized carbons (Fsp3) is 0. The molecule has 0 spiro atoms. The highest BCUT2D eigenvalue weighted by Gasteiger charge is 2.18. The average Bonchev–Trinajstić information content (AvgIpc) is 3.79. The summed E-state index contributed by atoms with van der Waals surface area (Å²) in [6.07, 6.45) is 1.89. The molecule has 6 aromatic carbocycles. The van der Waals surface area contributed by atoms with E-state index in [9.17, 15) is 0 Å². The number of aromatic nitrogens is 1. The Morgan fingerprint density at radius 3 is 1.87 bits per heavy atom. The third-order valence-corrected chi connectivity index (χ3v) is 10.1. The second-order valence-electron chi connectivity index (χ2n) is 11.6. The molecular weight excluding hydrogens is 585 g/mol. The van der Waals surface area contributed by atoms with Crippen molar-refractivity contribution in [2.75, 3.05) is 4.90 Å². The number of hydrogen-bond donors (Lipinski definition) is 0. The first-order valence-electron chi connectivity index (χ1n) is 15.3. The molecular formula is C41H24N2O2S. The van der Waals surface area contributed by atoms with E-state index < -0.39 is 0 Å². The number of para-hydroxylation sites is 2. The Morgan fingerprint density at radius 1 is 0.435 bits per heavy atom. The predicted octanol–water partition coefficient (Wildman–Crippen LogP) is 12.4. The second kappa shape index (κ2) is 9.80. The van der Waals surface area contributed by atoms with Gasteiger partial charge in [0.05, 0.1) is 0 Å². The lowest BCUT2D eigenvalue weighted by Gasteiger charge is -2.25. The van der Waals surface area contributed by atoms with Crippen molar-refractivity contribution < 1.29 is 8.83 Å². The van der Waals surface area contributed by atoms with Gasteiger partial charge in [0.25, 0.3) is 0 Å². The standard InChI is InChI=1S/C41H24N2O2S/c1-4-10-36-30(7-1)32-19-17-28(22-38(32)44-36)43(29-18-20-34-33-9-3-6-12-39(33)46-40(34)23-29)27-15-13-25(14-16-27)26-21-35-31-8-2-5-11-37(31)45-41(35)42-24-26/h1-24H. The SMILES string of the molecule is c1ccc2c(c1)oc1cc(N(c3ccc(-c4cnc5oc6ccccc6c5c4)cc3)c3ccc4c(c3)sc3ccccc34)ccc12. The monoisotopic (exact) mass is 608 g/mol. The Kier molecular flexibility index (Phi) is 5.41. The van der Waals surface area contributed by atoms with Crippen LogP contribution in [0.3, 0.4) is 0 Å². The van der Waals surface area contributed by atoms with Gasteiger partial charge in [-0.25, -0.2) is 4.98 Å². The highest BCUT2D eigenvalue weighted by atomic mass is 32.1. The highest BCUT2D eigenvalue weighted by Crippen LogP contribution is 2.42. The van der Waals surface area contributed by atoms with Crippen molar-refractivity contribution in [1.82, 2.24) is 4.98 Å². The third-order valence-electron chi connectivity index (χ3n) is 8.93. The maximum absolute atomic E-state index is 6.32. The summed E-state index contributed by atoms with van der Waals surface area (Å²) in [5, 5.41) is 6.92. The largest absolute Gasteiger partial charge is 0.456 e. The number of fused-ring (bicyclic) bond motifs is 9. The van der Waals surface area contributed by atoms with Gasteiger partial charge in [0.2, 0.25) is 5.71 Å². The number of thiophene rings is 1. The zero-order valence-electron chi connectivity index (χ0n) is 24.5. The Bertz CT molecular complexity index is 2660. The Labute approximate surface area is 267 Å². The molecule has 216 valence electrons. The molecule has 4 aromatic heterocycles. The van der Waals surface area contributed by atoms with Crippen molar-refractivity contribution in [3.8, 4) is 11.1 Å². The van der Waals surface area contributed by atoms with Gasteiger partial charge in [0, 0.05) is 76.6 Å². The van der Waals surface area contributed by atoms with Crippen LogP contribution in [0.1, 0.15) is 0 Å². The molecule has 0 amide bonds. The summed E-state index contributed by atoms with van der Waals surface area (Å²) in [7, 11) is 0. The van der Waals surface area contributed by atoms with Gasteiger partial charge in [-0.1, -0.05) is 72.8 Å². The van der Waals surface area contributed by atoms with Crippen LogP contribution in [0.25, 0.3) is 75.3 Å². The van der Waals surface area contributed by atoms with Crippen LogP contribution in [0.5, 0.6) is 0 Å². The van der Waals surface area contributed by atoms with E-state index in [0.717, 1.165) is 66.5 Å². The van der Waals surface area contributed by atoms with E-state index in [1.165, 1.54) is 20.2 Å². The van der Waals surface area contributed by atoms with Crippen LogP contribution in [-0.4, -0.2) is 4.98 Å². The van der Waals surface area contributed by atoms with Gasteiger partial charge in [-0.15, -0.1) is 11.3 Å². The summed E-state index contributed by atoms with van der Waals surface area (Å²) in [5.41, 5.74) is 8.60. The van der Waals surface area contributed by atoms with Crippen LogP contribution in [-0.2, 0) is 0 Å². The van der Waals surface area contributed by atoms with E-state index in [4.69, 9.17) is 8.83 Å². The number of anilines is 3. The summed E-state index contributed by atoms with van der Waals surface area (Å²) in [6.45, 7) is 0. The zero-order valence-corrected chi connectivity index (χ0v) is 25.3. The molecule has 46 heavy (non-hydrogen) atoms. The van der Waals surface area contributed by atoms with Crippen LogP contribution in [0.4, 0.5) is 17.1 Å². The number of benzene rings is 6. The maximum Gasteiger partial charge on any atom is 0.227 e. The molecule has 0 bridgehead atoms. The summed E-state index contributed by atoms with van der Waals surface area (Å²) in [6, 6.07) is 49.1. The molecule has 4 nitrogen and oxygen atoms in total. The van der Waals surface area contributed by atoms with E-state index in [0.29, 0.717) is 5.71 Å². The molecule has 0 aliphatic carbocycles. The molecule has 0 aliphatic heterocycles. The lowest BCUT2D eigenvalue weighted by Crippen LogP contribution is -2.09. The number of hydrogen-bond acceptors (Lipinski definition) is 5. The van der Waals surface area contributed by atoms with Gasteiger partial charge in [0.15, 0.2) is 0 Å². The Balaban J connectivity index is 1.12. The summed E-state index contributed by atoms with van der Waals surface area (Å²) in [4.78, 5) is 6.97. The van der Waals surface area contributed by atoms with Crippen LogP contribution < -0.4 is 4.90 Å². The normalized spacial score (nSPS) is 11.9. The fourth-order valence-corrected chi connectivity index (χ4v) is 7.86. The number of furan rings is 2. The average molecular weight is 609 g/mol. The second-order valence-corrected chi connectivity index (χ2v) is 12.7. The lowest BCUT2D eigenvalue weighted by molar-refractivity contribution is 0.654. The van der Waals surface area contributed by atoms with Crippen molar-refractivity contribution >= 4 is 92.6 Å². The van der Waals surface area contributed by atoms with Gasteiger partial charge < -0.3 is 13.7 Å². The highest BCUT2D eigenvalue weighted by molar-refractivity contribution is 7.25. The van der Waals surface area contributed by atoms with Crippen LogP contribution in [0.15, 0.2) is 155 Å². The molecule has 4 heterocycles. The zero-order chi connectivity index (χ0) is 30.2. The molecule has 10 aromatic rings. The first-order valence-corrected chi connectivity index (χ1v) is 16.1. The topological polar surface area (TPSA) is 42.4 Å². The van der Waals surface area contributed by atoms with E-state index in [1.807, 2.05) is 47.9 Å².